The minimum Gasteiger partial charge on any atom is -0.508 e. The van der Waals surface area contributed by atoms with Gasteiger partial charge in [0.25, 0.3) is 0 Å². The Labute approximate surface area is 238 Å². The number of rotatable bonds is 22. The molecular formula is C35H55NO3. The summed E-state index contributed by atoms with van der Waals surface area (Å²) in [5, 5.41) is 22.9. The Balaban J connectivity index is 1.69. The largest absolute Gasteiger partial charge is 0.508 e. The Morgan fingerprint density at radius 1 is 0.564 bits per heavy atom. The van der Waals surface area contributed by atoms with E-state index in [1.54, 1.807) is 24.3 Å². The molecule has 0 saturated heterocycles. The third-order valence-corrected chi connectivity index (χ3v) is 8.05. The number of amides is 1. The van der Waals surface area contributed by atoms with E-state index in [9.17, 15) is 15.0 Å². The van der Waals surface area contributed by atoms with Crippen molar-refractivity contribution in [3.8, 4) is 11.5 Å². The smallest absolute Gasteiger partial charge is 0.235 e. The number of aromatic hydroxyl groups is 2. The summed E-state index contributed by atoms with van der Waals surface area (Å²) in [7, 11) is 0. The lowest BCUT2D eigenvalue weighted by molar-refractivity contribution is -0.125. The summed E-state index contributed by atoms with van der Waals surface area (Å²) in [6, 6.07) is 13.9. The molecule has 218 valence electrons. The van der Waals surface area contributed by atoms with Gasteiger partial charge >= 0.3 is 0 Å². The summed E-state index contributed by atoms with van der Waals surface area (Å²) in [5.74, 6) is 0.355. The van der Waals surface area contributed by atoms with Crippen molar-refractivity contribution in [2.45, 2.75) is 135 Å². The number of phenols is 2. The molecule has 3 N–H and O–H groups in total. The minimum absolute atomic E-state index is 0.0123. The second kappa shape index (κ2) is 19.6. The second-order valence-electron chi connectivity index (χ2n) is 11.3. The minimum atomic E-state index is -0.856. The van der Waals surface area contributed by atoms with Crippen LogP contribution in [-0.4, -0.2) is 22.7 Å². The Kier molecular flexibility index (Phi) is 16.4. The van der Waals surface area contributed by atoms with Crippen LogP contribution in [0.5, 0.6) is 11.5 Å². The predicted octanol–water partition coefficient (Wildman–Crippen LogP) is 9.56. The lowest BCUT2D eigenvalue weighted by atomic mass is 9.70. The normalized spacial score (nSPS) is 11.5. The van der Waals surface area contributed by atoms with Gasteiger partial charge in [0.1, 0.15) is 11.5 Å². The topological polar surface area (TPSA) is 69.6 Å². The number of phenolic OH excluding ortho intramolecular Hbond substituents is 2. The fourth-order valence-electron chi connectivity index (χ4n) is 5.72. The zero-order valence-electron chi connectivity index (χ0n) is 24.9. The van der Waals surface area contributed by atoms with E-state index in [1.807, 2.05) is 24.3 Å². The van der Waals surface area contributed by atoms with Crippen molar-refractivity contribution in [1.82, 2.24) is 5.32 Å². The second-order valence-corrected chi connectivity index (χ2v) is 11.3. The molecule has 0 aliphatic heterocycles. The molecule has 0 unspecified atom stereocenters. The van der Waals surface area contributed by atoms with Gasteiger partial charge in [0.15, 0.2) is 0 Å². The van der Waals surface area contributed by atoms with Gasteiger partial charge in [-0.05, 0) is 48.2 Å². The third kappa shape index (κ3) is 11.6. The Hall–Kier alpha value is -2.49. The molecule has 0 bridgehead atoms. The van der Waals surface area contributed by atoms with Crippen LogP contribution in [0.4, 0.5) is 0 Å². The Bertz CT molecular complexity index is 846. The van der Waals surface area contributed by atoms with Gasteiger partial charge in [-0.2, -0.15) is 0 Å². The number of carbonyl (C=O) groups is 1. The van der Waals surface area contributed by atoms with Crippen molar-refractivity contribution in [2.75, 3.05) is 6.54 Å². The van der Waals surface area contributed by atoms with Gasteiger partial charge in [-0.15, -0.1) is 0 Å². The molecule has 2 rings (SSSR count). The van der Waals surface area contributed by atoms with Crippen molar-refractivity contribution >= 4 is 5.91 Å². The van der Waals surface area contributed by atoms with Crippen LogP contribution in [0.1, 0.15) is 141 Å². The highest BCUT2D eigenvalue weighted by atomic mass is 16.3. The van der Waals surface area contributed by atoms with Crippen LogP contribution in [0, 0.1) is 0 Å². The molecule has 0 aromatic heterocycles. The SMILES string of the molecule is CCCCCCCCCCCCCCCCCCNC(=O)C(CCC)(c1ccc(O)cc1)c1ccc(O)cc1. The van der Waals surface area contributed by atoms with E-state index in [0.29, 0.717) is 13.0 Å². The fourth-order valence-corrected chi connectivity index (χ4v) is 5.72. The van der Waals surface area contributed by atoms with Crippen molar-refractivity contribution in [1.29, 1.82) is 0 Å². The first-order valence-corrected chi connectivity index (χ1v) is 15.9. The molecular weight excluding hydrogens is 482 g/mol. The molecule has 4 heteroatoms. The van der Waals surface area contributed by atoms with Crippen LogP contribution in [0.15, 0.2) is 48.5 Å². The first kappa shape index (κ1) is 32.7. The fraction of sp³-hybridized carbons (Fsp3) is 0.629. The zero-order chi connectivity index (χ0) is 28.2. The van der Waals surface area contributed by atoms with E-state index in [1.165, 1.54) is 89.9 Å². The highest BCUT2D eigenvalue weighted by molar-refractivity contribution is 5.92. The average molecular weight is 538 g/mol. The van der Waals surface area contributed by atoms with E-state index in [4.69, 9.17) is 0 Å². The maximum atomic E-state index is 13.8. The lowest BCUT2D eigenvalue weighted by Crippen LogP contribution is -2.45. The number of unbranched alkanes of at least 4 members (excludes halogenated alkanes) is 15. The maximum Gasteiger partial charge on any atom is 0.235 e. The van der Waals surface area contributed by atoms with Crippen LogP contribution >= 0.6 is 0 Å². The molecule has 0 aliphatic rings. The third-order valence-electron chi connectivity index (χ3n) is 8.05. The summed E-state index contributed by atoms with van der Waals surface area (Å²) in [4.78, 5) is 13.8. The summed E-state index contributed by atoms with van der Waals surface area (Å²) >= 11 is 0. The van der Waals surface area contributed by atoms with Crippen LogP contribution in [0.25, 0.3) is 0 Å². The van der Waals surface area contributed by atoms with Crippen molar-refractivity contribution in [3.63, 3.8) is 0 Å². The molecule has 0 atom stereocenters. The number of nitrogens with one attached hydrogen (secondary N) is 1. The van der Waals surface area contributed by atoms with Gasteiger partial charge in [0, 0.05) is 6.54 Å². The molecule has 1 amide bonds. The monoisotopic (exact) mass is 537 g/mol. The molecule has 0 radical (unpaired) electrons. The van der Waals surface area contributed by atoms with Crippen LogP contribution in [-0.2, 0) is 10.2 Å². The highest BCUT2D eigenvalue weighted by Gasteiger charge is 2.41. The molecule has 0 saturated carbocycles. The predicted molar refractivity (Wildman–Crippen MR) is 164 cm³/mol. The van der Waals surface area contributed by atoms with Crippen LogP contribution < -0.4 is 5.32 Å². The Morgan fingerprint density at radius 2 is 0.923 bits per heavy atom. The molecule has 0 aliphatic carbocycles. The average Bonchev–Trinajstić information content (AvgIpc) is 2.94. The molecule has 2 aromatic rings. The zero-order valence-corrected chi connectivity index (χ0v) is 24.9. The van der Waals surface area contributed by atoms with E-state index >= 15 is 0 Å². The van der Waals surface area contributed by atoms with Gasteiger partial charge in [0.05, 0.1) is 5.41 Å². The van der Waals surface area contributed by atoms with E-state index < -0.39 is 5.41 Å². The molecule has 0 spiro atoms. The number of carbonyl (C=O) groups excluding carboxylic acids is 1. The van der Waals surface area contributed by atoms with Crippen molar-refractivity contribution in [2.24, 2.45) is 0 Å². The summed E-state index contributed by atoms with van der Waals surface area (Å²) in [6.07, 6.45) is 22.8. The van der Waals surface area contributed by atoms with E-state index in [0.717, 1.165) is 30.4 Å². The van der Waals surface area contributed by atoms with Gasteiger partial charge in [-0.1, -0.05) is 141 Å². The van der Waals surface area contributed by atoms with Gasteiger partial charge in [-0.3, -0.25) is 4.79 Å². The standard InChI is InChI=1S/C35H55NO3/c1-3-5-6-7-8-9-10-11-12-13-14-15-16-17-18-19-29-36-34(39)35(28-4-2,30-20-24-32(37)25-21-30)31-22-26-33(38)27-23-31/h20-27,37-38H,3-19,28-29H2,1-2H3,(H,36,39). The molecule has 0 fully saturated rings. The number of benzene rings is 2. The first-order valence-electron chi connectivity index (χ1n) is 15.9. The van der Waals surface area contributed by atoms with Gasteiger partial charge in [0.2, 0.25) is 5.91 Å². The molecule has 0 heterocycles. The highest BCUT2D eigenvalue weighted by Crippen LogP contribution is 2.38. The summed E-state index contributed by atoms with van der Waals surface area (Å²) < 4.78 is 0. The molecule has 39 heavy (non-hydrogen) atoms. The van der Waals surface area contributed by atoms with E-state index in [-0.39, 0.29) is 17.4 Å². The van der Waals surface area contributed by atoms with Crippen LogP contribution in [0.2, 0.25) is 0 Å². The number of hydrogen-bond donors (Lipinski definition) is 3. The summed E-state index contributed by atoms with van der Waals surface area (Å²) in [6.45, 7) is 5.03. The molecule has 2 aromatic carbocycles. The maximum absolute atomic E-state index is 13.8. The van der Waals surface area contributed by atoms with Gasteiger partial charge in [-0.25, -0.2) is 0 Å². The van der Waals surface area contributed by atoms with E-state index in [2.05, 4.69) is 19.2 Å². The van der Waals surface area contributed by atoms with Crippen molar-refractivity contribution in [3.05, 3.63) is 59.7 Å². The van der Waals surface area contributed by atoms with Crippen LogP contribution in [0.3, 0.4) is 0 Å². The summed E-state index contributed by atoms with van der Waals surface area (Å²) in [5.41, 5.74) is 0.861. The van der Waals surface area contributed by atoms with Gasteiger partial charge < -0.3 is 15.5 Å². The number of hydrogen-bond acceptors (Lipinski definition) is 3. The Morgan fingerprint density at radius 3 is 1.28 bits per heavy atom. The first-order chi connectivity index (χ1) is 19.0. The van der Waals surface area contributed by atoms with Crippen molar-refractivity contribution < 1.29 is 15.0 Å². The molecule has 4 nitrogen and oxygen atoms in total. The quantitative estimate of drug-likeness (QED) is 0.131. The lowest BCUT2D eigenvalue weighted by Gasteiger charge is -2.34.